The molecule has 0 radical (unpaired) electrons. The fourth-order valence-corrected chi connectivity index (χ4v) is 4.56. The number of fused-ring (bicyclic) bond motifs is 2. The number of benzene rings is 1. The van der Waals surface area contributed by atoms with Crippen molar-refractivity contribution in [2.24, 2.45) is 0 Å². The van der Waals surface area contributed by atoms with Gasteiger partial charge in [-0.1, -0.05) is 12.1 Å². The van der Waals surface area contributed by atoms with E-state index < -0.39 is 0 Å². The van der Waals surface area contributed by atoms with Crippen LogP contribution in [0, 0.1) is 11.3 Å². The van der Waals surface area contributed by atoms with Crippen LogP contribution in [0.3, 0.4) is 0 Å². The van der Waals surface area contributed by atoms with Crippen LogP contribution in [0.5, 0.6) is 0 Å². The molecule has 0 saturated carbocycles. The van der Waals surface area contributed by atoms with Gasteiger partial charge in [-0.15, -0.1) is 0 Å². The summed E-state index contributed by atoms with van der Waals surface area (Å²) in [6.45, 7) is 3.42. The highest BCUT2D eigenvalue weighted by molar-refractivity contribution is 5.94. The van der Waals surface area contributed by atoms with E-state index in [1.165, 1.54) is 24.0 Å². The van der Waals surface area contributed by atoms with Crippen molar-refractivity contribution in [1.82, 2.24) is 10.2 Å². The predicted octanol–water partition coefficient (Wildman–Crippen LogP) is 4.13. The van der Waals surface area contributed by atoms with Crippen LogP contribution >= 0.6 is 0 Å². The van der Waals surface area contributed by atoms with Gasteiger partial charge >= 0.3 is 0 Å². The lowest BCUT2D eigenvalue weighted by molar-refractivity contribution is 0.0956. The van der Waals surface area contributed by atoms with Crippen LogP contribution in [-0.2, 0) is 6.54 Å². The number of amides is 1. The van der Waals surface area contributed by atoms with Crippen molar-refractivity contribution in [2.45, 2.75) is 51.2 Å². The van der Waals surface area contributed by atoms with Gasteiger partial charge in [-0.05, 0) is 61.9 Å². The van der Waals surface area contributed by atoms with E-state index in [2.05, 4.69) is 16.3 Å². The van der Waals surface area contributed by atoms with E-state index in [9.17, 15) is 10.1 Å². The molecule has 1 aromatic carbocycles. The maximum absolute atomic E-state index is 12.0. The Kier molecular flexibility index (Phi) is 5.31. The van der Waals surface area contributed by atoms with E-state index in [0.29, 0.717) is 24.2 Å². The van der Waals surface area contributed by atoms with Crippen molar-refractivity contribution in [2.75, 3.05) is 6.54 Å². The van der Waals surface area contributed by atoms with Gasteiger partial charge in [-0.2, -0.15) is 5.26 Å². The molecular weight excluding hydrogens is 350 g/mol. The second-order valence-electron chi connectivity index (χ2n) is 7.62. The highest BCUT2D eigenvalue weighted by atomic mass is 16.3. The largest absolute Gasteiger partial charge is 0.472 e. The third kappa shape index (κ3) is 3.61. The maximum Gasteiger partial charge on any atom is 0.251 e. The number of rotatable bonds is 5. The minimum absolute atomic E-state index is 0.0780. The van der Waals surface area contributed by atoms with Crippen LogP contribution in [0.4, 0.5) is 0 Å². The summed E-state index contributed by atoms with van der Waals surface area (Å²) >= 11 is 0. The molecule has 2 saturated heterocycles. The van der Waals surface area contributed by atoms with E-state index in [1.807, 2.05) is 31.4 Å². The zero-order valence-corrected chi connectivity index (χ0v) is 16.1. The fourth-order valence-electron chi connectivity index (χ4n) is 4.56. The number of allylic oxidation sites excluding steroid dienone is 1. The lowest BCUT2D eigenvalue weighted by Gasteiger charge is -2.36. The molecule has 2 atom stereocenters. The van der Waals surface area contributed by atoms with Crippen LogP contribution in [0.15, 0.2) is 52.8 Å². The zero-order chi connectivity index (χ0) is 19.5. The molecule has 2 aromatic rings. The first kappa shape index (κ1) is 18.5. The van der Waals surface area contributed by atoms with Gasteiger partial charge in [0.2, 0.25) is 0 Å². The van der Waals surface area contributed by atoms with E-state index in [0.717, 1.165) is 30.5 Å². The highest BCUT2D eigenvalue weighted by Crippen LogP contribution is 2.41. The summed E-state index contributed by atoms with van der Waals surface area (Å²) in [7, 11) is 0. The molecule has 2 aliphatic rings. The Morgan fingerprint density at radius 1 is 1.18 bits per heavy atom. The highest BCUT2D eigenvalue weighted by Gasteiger charge is 2.39. The second kappa shape index (κ2) is 8.04. The first-order valence-corrected chi connectivity index (χ1v) is 9.97. The van der Waals surface area contributed by atoms with Gasteiger partial charge in [0, 0.05) is 36.3 Å². The monoisotopic (exact) mass is 375 g/mol. The molecule has 1 amide bonds. The molecule has 1 N–H and O–H groups in total. The smallest absolute Gasteiger partial charge is 0.251 e. The Hall–Kier alpha value is -2.84. The minimum atomic E-state index is -0.0780. The Morgan fingerprint density at radius 2 is 1.86 bits per heavy atom. The lowest BCUT2D eigenvalue weighted by Crippen LogP contribution is -2.40. The van der Waals surface area contributed by atoms with Crippen molar-refractivity contribution in [3.63, 3.8) is 0 Å². The molecule has 2 fully saturated rings. The third-order valence-electron chi connectivity index (χ3n) is 5.92. The van der Waals surface area contributed by atoms with E-state index in [1.54, 1.807) is 18.4 Å². The maximum atomic E-state index is 12.0. The molecule has 3 heterocycles. The van der Waals surface area contributed by atoms with Gasteiger partial charge in [0.1, 0.15) is 0 Å². The van der Waals surface area contributed by atoms with Crippen molar-refractivity contribution in [1.29, 1.82) is 5.26 Å². The number of hydrogen-bond acceptors (Lipinski definition) is 4. The van der Waals surface area contributed by atoms with Gasteiger partial charge in [0.25, 0.3) is 5.91 Å². The van der Waals surface area contributed by atoms with Crippen molar-refractivity contribution in [3.05, 3.63) is 65.1 Å². The van der Waals surface area contributed by atoms with E-state index in [-0.39, 0.29) is 5.91 Å². The fraction of sp³-hybridized carbons (Fsp3) is 0.391. The van der Waals surface area contributed by atoms with Crippen LogP contribution in [-0.4, -0.2) is 29.4 Å². The van der Waals surface area contributed by atoms with Gasteiger partial charge in [-0.25, -0.2) is 0 Å². The summed E-state index contributed by atoms with van der Waals surface area (Å²) < 4.78 is 5.22. The summed E-state index contributed by atoms with van der Waals surface area (Å²) in [5.41, 5.74) is 4.79. The van der Waals surface area contributed by atoms with Crippen LogP contribution in [0.2, 0.25) is 0 Å². The van der Waals surface area contributed by atoms with Crippen LogP contribution in [0.1, 0.15) is 54.1 Å². The molecular formula is C23H25N3O2. The molecule has 0 aliphatic carbocycles. The Labute approximate surface area is 165 Å². The van der Waals surface area contributed by atoms with Gasteiger partial charge in [0.05, 0.1) is 24.2 Å². The first-order valence-electron chi connectivity index (χ1n) is 9.97. The molecule has 28 heavy (non-hydrogen) atoms. The summed E-state index contributed by atoms with van der Waals surface area (Å²) in [5, 5.41) is 12.6. The summed E-state index contributed by atoms with van der Waals surface area (Å²) in [5.74, 6) is -0.0780. The zero-order valence-electron chi connectivity index (χ0n) is 16.1. The predicted molar refractivity (Wildman–Crippen MR) is 107 cm³/mol. The first-order chi connectivity index (χ1) is 13.7. The number of piperidine rings is 1. The summed E-state index contributed by atoms with van der Waals surface area (Å²) in [6.07, 6.45) is 7.79. The lowest BCUT2D eigenvalue weighted by atomic mass is 9.89. The van der Waals surface area contributed by atoms with Crippen LogP contribution in [0.25, 0.3) is 5.57 Å². The van der Waals surface area contributed by atoms with Crippen molar-refractivity contribution < 1.29 is 9.21 Å². The van der Waals surface area contributed by atoms with Gasteiger partial charge < -0.3 is 9.73 Å². The Morgan fingerprint density at radius 3 is 2.43 bits per heavy atom. The van der Waals surface area contributed by atoms with Crippen molar-refractivity contribution >= 4 is 11.5 Å². The molecule has 4 rings (SSSR count). The average Bonchev–Trinajstić information content (AvgIpc) is 3.29. The molecule has 0 unspecified atom stereocenters. The van der Waals surface area contributed by atoms with Crippen molar-refractivity contribution in [3.8, 4) is 6.07 Å². The molecule has 2 aliphatic heterocycles. The molecule has 5 nitrogen and oxygen atoms in total. The molecule has 1 aromatic heterocycles. The van der Waals surface area contributed by atoms with Gasteiger partial charge in [0.15, 0.2) is 0 Å². The number of hydrogen-bond donors (Lipinski definition) is 1. The number of furan rings is 1. The SMILES string of the molecule is CCNC(=O)c1ccc(C(C#N)=C2C[C@H]3CC[C@@H](C2)N3Cc2ccoc2)cc1. The second-order valence-corrected chi connectivity index (χ2v) is 7.62. The standard InChI is InChI=1S/C23H25N3O2/c1-2-25-23(27)18-5-3-17(4-6-18)22(13-24)19-11-20-7-8-21(12-19)26(20)14-16-9-10-28-15-16/h3-6,9-10,15,20-21H,2,7-8,11-12,14H2,1H3,(H,25,27)/t20-,21+. The number of nitriles is 1. The number of carbonyl (C=O) groups excluding carboxylic acids is 1. The Bertz CT molecular complexity index is 890. The normalized spacial score (nSPS) is 23.3. The number of carbonyl (C=O) groups is 1. The summed E-state index contributed by atoms with van der Waals surface area (Å²) in [6, 6.07) is 12.9. The quantitative estimate of drug-likeness (QED) is 0.798. The summed E-state index contributed by atoms with van der Waals surface area (Å²) in [4.78, 5) is 14.5. The molecule has 5 heteroatoms. The molecule has 0 spiro atoms. The average molecular weight is 375 g/mol. The molecule has 2 bridgehead atoms. The third-order valence-corrected chi connectivity index (χ3v) is 5.92. The topological polar surface area (TPSA) is 69.3 Å². The van der Waals surface area contributed by atoms with Crippen LogP contribution < -0.4 is 5.32 Å². The Balaban J connectivity index is 1.54. The number of nitrogens with zero attached hydrogens (tertiary/aromatic N) is 2. The minimum Gasteiger partial charge on any atom is -0.472 e. The van der Waals surface area contributed by atoms with Gasteiger partial charge in [-0.3, -0.25) is 9.69 Å². The van der Waals surface area contributed by atoms with E-state index >= 15 is 0 Å². The molecule has 144 valence electrons. The number of nitrogens with one attached hydrogen (secondary N) is 1. The van der Waals surface area contributed by atoms with E-state index in [4.69, 9.17) is 4.42 Å².